The van der Waals surface area contributed by atoms with Gasteiger partial charge < -0.3 is 19.3 Å². The molecular weight excluding hydrogens is 344 g/mol. The molecule has 27 heavy (non-hydrogen) atoms. The van der Waals surface area contributed by atoms with Crippen molar-refractivity contribution >= 4 is 11.9 Å². The summed E-state index contributed by atoms with van der Waals surface area (Å²) in [5.41, 5.74) is 0.609. The molecular formula is C21H34N2O4. The summed E-state index contributed by atoms with van der Waals surface area (Å²) in [6.07, 6.45) is 1.95. The first-order valence-electron chi connectivity index (χ1n) is 9.38. The molecule has 1 rings (SSSR count). The number of carbonyl (C=O) groups excluding carboxylic acids is 2. The predicted molar refractivity (Wildman–Crippen MR) is 107 cm³/mol. The first-order valence-corrected chi connectivity index (χ1v) is 9.38. The predicted octanol–water partition coefficient (Wildman–Crippen LogP) is 2.75. The van der Waals surface area contributed by atoms with E-state index >= 15 is 0 Å². The summed E-state index contributed by atoms with van der Waals surface area (Å²) in [6, 6.07) is 7.85. The normalized spacial score (nSPS) is 11.4. The standard InChI is InChI=1S/C21H34N2O4/c1-21(2,3)27-20(25)16-23(15-14-22(4)5)19(24)9-7-8-17-10-12-18(26-6)13-11-17/h10-13H,7-9,14-16H2,1-6H3. The molecule has 0 fully saturated rings. The Kier molecular flexibility index (Phi) is 9.29. The van der Waals surface area contributed by atoms with Crippen molar-refractivity contribution in [1.82, 2.24) is 9.80 Å². The van der Waals surface area contributed by atoms with E-state index in [0.29, 0.717) is 19.5 Å². The van der Waals surface area contributed by atoms with Crippen molar-refractivity contribution in [1.29, 1.82) is 0 Å². The number of hydrogen-bond acceptors (Lipinski definition) is 5. The second-order valence-corrected chi connectivity index (χ2v) is 7.91. The molecule has 0 heterocycles. The Bertz CT molecular complexity index is 591. The highest BCUT2D eigenvalue weighted by Crippen LogP contribution is 2.14. The lowest BCUT2D eigenvalue weighted by atomic mass is 10.1. The Hall–Kier alpha value is -2.08. The molecule has 0 N–H and O–H groups in total. The molecule has 6 nitrogen and oxygen atoms in total. The third kappa shape index (κ3) is 9.99. The summed E-state index contributed by atoms with van der Waals surface area (Å²) in [6.45, 7) is 6.68. The lowest BCUT2D eigenvalue weighted by molar-refractivity contribution is -0.159. The van der Waals surface area contributed by atoms with Crippen molar-refractivity contribution in [2.45, 2.75) is 45.6 Å². The highest BCUT2D eigenvalue weighted by Gasteiger charge is 2.22. The summed E-state index contributed by atoms with van der Waals surface area (Å²) < 4.78 is 10.5. The number of carbonyl (C=O) groups is 2. The van der Waals surface area contributed by atoms with Gasteiger partial charge in [0.05, 0.1) is 7.11 Å². The molecule has 1 amide bonds. The van der Waals surface area contributed by atoms with Crippen LogP contribution in [0.15, 0.2) is 24.3 Å². The number of amides is 1. The Morgan fingerprint density at radius 1 is 1.04 bits per heavy atom. The molecule has 0 saturated heterocycles. The van der Waals surface area contributed by atoms with Gasteiger partial charge in [0.15, 0.2) is 0 Å². The number of nitrogens with zero attached hydrogens (tertiary/aromatic N) is 2. The van der Waals surface area contributed by atoms with Crippen LogP contribution in [0.1, 0.15) is 39.2 Å². The lowest BCUT2D eigenvalue weighted by Crippen LogP contribution is -2.42. The highest BCUT2D eigenvalue weighted by atomic mass is 16.6. The molecule has 0 aliphatic rings. The minimum atomic E-state index is -0.554. The molecule has 0 aromatic heterocycles. The summed E-state index contributed by atoms with van der Waals surface area (Å²) >= 11 is 0. The molecule has 0 aliphatic carbocycles. The van der Waals surface area contributed by atoms with E-state index in [-0.39, 0.29) is 18.4 Å². The number of ether oxygens (including phenoxy) is 2. The molecule has 0 unspecified atom stereocenters. The van der Waals surface area contributed by atoms with Crippen molar-refractivity contribution in [2.24, 2.45) is 0 Å². The van der Waals surface area contributed by atoms with E-state index in [2.05, 4.69) is 0 Å². The van der Waals surface area contributed by atoms with Gasteiger partial charge in [-0.2, -0.15) is 0 Å². The molecule has 0 atom stereocenters. The van der Waals surface area contributed by atoms with Gasteiger partial charge in [0.25, 0.3) is 0 Å². The van der Waals surface area contributed by atoms with Gasteiger partial charge in [-0.3, -0.25) is 9.59 Å². The van der Waals surface area contributed by atoms with Gasteiger partial charge in [0, 0.05) is 19.5 Å². The van der Waals surface area contributed by atoms with Gasteiger partial charge in [-0.05, 0) is 65.4 Å². The van der Waals surface area contributed by atoms with Crippen molar-refractivity contribution in [3.8, 4) is 5.75 Å². The van der Waals surface area contributed by atoms with Gasteiger partial charge in [0.2, 0.25) is 5.91 Å². The average molecular weight is 379 g/mol. The van der Waals surface area contributed by atoms with Crippen LogP contribution in [-0.4, -0.2) is 68.1 Å². The number of rotatable bonds is 10. The van der Waals surface area contributed by atoms with Crippen molar-refractivity contribution in [2.75, 3.05) is 40.8 Å². The number of hydrogen-bond donors (Lipinski definition) is 0. The summed E-state index contributed by atoms with van der Waals surface area (Å²) in [5, 5.41) is 0. The zero-order valence-electron chi connectivity index (χ0n) is 17.6. The monoisotopic (exact) mass is 378 g/mol. The van der Waals surface area contributed by atoms with E-state index in [1.807, 2.05) is 64.0 Å². The minimum absolute atomic E-state index is 0.00746. The van der Waals surface area contributed by atoms with E-state index in [1.54, 1.807) is 12.0 Å². The number of benzene rings is 1. The van der Waals surface area contributed by atoms with Crippen LogP contribution in [0.5, 0.6) is 5.75 Å². The minimum Gasteiger partial charge on any atom is -0.497 e. The third-order valence-corrected chi connectivity index (χ3v) is 3.92. The lowest BCUT2D eigenvalue weighted by Gasteiger charge is -2.26. The van der Waals surface area contributed by atoms with Crippen LogP contribution < -0.4 is 4.74 Å². The average Bonchev–Trinajstić information content (AvgIpc) is 2.57. The van der Waals surface area contributed by atoms with Crippen LogP contribution >= 0.6 is 0 Å². The fourth-order valence-electron chi connectivity index (χ4n) is 2.54. The van der Waals surface area contributed by atoms with E-state index in [4.69, 9.17) is 9.47 Å². The number of aryl methyl sites for hydroxylation is 1. The Morgan fingerprint density at radius 3 is 2.19 bits per heavy atom. The zero-order chi connectivity index (χ0) is 20.4. The first kappa shape index (κ1) is 23.0. The molecule has 1 aromatic carbocycles. The van der Waals surface area contributed by atoms with Crippen LogP contribution in [0, 0.1) is 0 Å². The van der Waals surface area contributed by atoms with Gasteiger partial charge in [-0.25, -0.2) is 0 Å². The van der Waals surface area contributed by atoms with Gasteiger partial charge in [0.1, 0.15) is 17.9 Å². The topological polar surface area (TPSA) is 59.1 Å². The van der Waals surface area contributed by atoms with Crippen molar-refractivity contribution < 1.29 is 19.1 Å². The van der Waals surface area contributed by atoms with Crippen LogP contribution in [0.4, 0.5) is 0 Å². The molecule has 0 aliphatic heterocycles. The van der Waals surface area contributed by atoms with Crippen molar-refractivity contribution in [3.63, 3.8) is 0 Å². The van der Waals surface area contributed by atoms with Gasteiger partial charge in [-0.1, -0.05) is 12.1 Å². The van der Waals surface area contributed by atoms with E-state index < -0.39 is 5.60 Å². The largest absolute Gasteiger partial charge is 0.497 e. The maximum Gasteiger partial charge on any atom is 0.326 e. The maximum absolute atomic E-state index is 12.6. The molecule has 152 valence electrons. The molecule has 6 heteroatoms. The van der Waals surface area contributed by atoms with Gasteiger partial charge in [-0.15, -0.1) is 0 Å². The van der Waals surface area contributed by atoms with E-state index in [0.717, 1.165) is 24.2 Å². The van der Waals surface area contributed by atoms with E-state index in [9.17, 15) is 9.59 Å². The Balaban J connectivity index is 2.56. The van der Waals surface area contributed by atoms with Crippen LogP contribution in [0.3, 0.4) is 0 Å². The zero-order valence-corrected chi connectivity index (χ0v) is 17.6. The number of methoxy groups -OCH3 is 1. The highest BCUT2D eigenvalue weighted by molar-refractivity contribution is 5.82. The maximum atomic E-state index is 12.6. The molecule has 0 bridgehead atoms. The molecule has 0 saturated carbocycles. The van der Waals surface area contributed by atoms with Crippen molar-refractivity contribution in [3.05, 3.63) is 29.8 Å². The molecule has 1 aromatic rings. The fraction of sp³-hybridized carbons (Fsp3) is 0.619. The Labute approximate surface area is 163 Å². The van der Waals surface area contributed by atoms with Crippen LogP contribution in [0.2, 0.25) is 0 Å². The Morgan fingerprint density at radius 2 is 1.67 bits per heavy atom. The fourth-order valence-corrected chi connectivity index (χ4v) is 2.54. The number of esters is 1. The van der Waals surface area contributed by atoms with Crippen LogP contribution in [-0.2, 0) is 20.7 Å². The quantitative estimate of drug-likeness (QED) is 0.586. The third-order valence-electron chi connectivity index (χ3n) is 3.92. The molecule has 0 radical (unpaired) electrons. The SMILES string of the molecule is COc1ccc(CCCC(=O)N(CCN(C)C)CC(=O)OC(C)(C)C)cc1. The second kappa shape index (κ2) is 10.9. The van der Waals surface area contributed by atoms with Gasteiger partial charge >= 0.3 is 5.97 Å². The summed E-state index contributed by atoms with van der Waals surface area (Å²) in [4.78, 5) is 28.4. The summed E-state index contributed by atoms with van der Waals surface area (Å²) in [5.74, 6) is 0.433. The molecule has 0 spiro atoms. The van der Waals surface area contributed by atoms with E-state index in [1.165, 1.54) is 0 Å². The first-order chi connectivity index (χ1) is 12.6. The number of likely N-dealkylation sites (N-methyl/N-ethyl adjacent to an activating group) is 1. The smallest absolute Gasteiger partial charge is 0.326 e. The van der Waals surface area contributed by atoms with Crippen LogP contribution in [0.25, 0.3) is 0 Å². The summed E-state index contributed by atoms with van der Waals surface area (Å²) in [7, 11) is 5.53. The second-order valence-electron chi connectivity index (χ2n) is 7.91.